The van der Waals surface area contributed by atoms with E-state index in [1.54, 1.807) is 6.92 Å². The summed E-state index contributed by atoms with van der Waals surface area (Å²) in [6.45, 7) is 1.73. The molecule has 0 fully saturated rings. The number of aryl methyl sites for hydroxylation is 1. The predicted octanol–water partition coefficient (Wildman–Crippen LogP) is 3.23. The second-order valence-corrected chi connectivity index (χ2v) is 6.29. The number of methoxy groups -OCH3 is 1. The maximum atomic E-state index is 12.6. The number of amides is 1. The first kappa shape index (κ1) is 19.3. The van der Waals surface area contributed by atoms with Crippen molar-refractivity contribution in [2.75, 3.05) is 12.4 Å². The Kier molecular flexibility index (Phi) is 5.56. The zero-order valence-corrected chi connectivity index (χ0v) is 15.9. The maximum absolute atomic E-state index is 12.6. The van der Waals surface area contributed by atoms with Crippen LogP contribution in [0.1, 0.15) is 26.5 Å². The minimum Gasteiger partial charge on any atom is -0.465 e. The number of ether oxygens (including phenoxy) is 1. The van der Waals surface area contributed by atoms with Crippen LogP contribution in [-0.2, 0) is 4.74 Å². The highest BCUT2D eigenvalue weighted by Crippen LogP contribution is 2.21. The van der Waals surface area contributed by atoms with Gasteiger partial charge in [-0.1, -0.05) is 29.8 Å². The van der Waals surface area contributed by atoms with E-state index >= 15 is 0 Å². The van der Waals surface area contributed by atoms with Crippen molar-refractivity contribution in [1.29, 1.82) is 0 Å². The third-order valence-electron chi connectivity index (χ3n) is 3.95. The van der Waals surface area contributed by atoms with Crippen LogP contribution in [0.15, 0.2) is 59.4 Å². The van der Waals surface area contributed by atoms with Crippen molar-refractivity contribution in [3.63, 3.8) is 0 Å². The van der Waals surface area contributed by atoms with Crippen LogP contribution in [0.5, 0.6) is 0 Å². The Morgan fingerprint density at radius 2 is 1.82 bits per heavy atom. The molecular formula is C20H16ClN3O4. The lowest BCUT2D eigenvalue weighted by atomic mass is 10.2. The fraction of sp³-hybridized carbons (Fsp3) is 0.100. The van der Waals surface area contributed by atoms with Crippen LogP contribution < -0.4 is 10.7 Å². The molecule has 3 rings (SSSR count). The molecular weight excluding hydrogens is 382 g/mol. The third kappa shape index (κ3) is 3.94. The molecule has 0 atom stereocenters. The molecule has 7 nitrogen and oxygen atoms in total. The Labute approximate surface area is 165 Å². The van der Waals surface area contributed by atoms with Crippen LogP contribution in [0, 0.1) is 6.92 Å². The normalized spacial score (nSPS) is 10.4. The summed E-state index contributed by atoms with van der Waals surface area (Å²) in [6.07, 6.45) is 0. The molecule has 1 N–H and O–H groups in total. The fourth-order valence-corrected chi connectivity index (χ4v) is 2.79. The molecule has 0 spiro atoms. The van der Waals surface area contributed by atoms with Crippen LogP contribution in [0.2, 0.25) is 5.02 Å². The summed E-state index contributed by atoms with van der Waals surface area (Å²) in [5.41, 5.74) is 0.900. The molecule has 1 heterocycles. The van der Waals surface area contributed by atoms with E-state index in [1.165, 1.54) is 36.1 Å². The monoisotopic (exact) mass is 397 g/mol. The third-order valence-corrected chi connectivity index (χ3v) is 4.28. The number of nitrogens with one attached hydrogen (secondary N) is 1. The zero-order chi connectivity index (χ0) is 20.3. The molecule has 0 aliphatic carbocycles. The van der Waals surface area contributed by atoms with E-state index in [4.69, 9.17) is 11.6 Å². The van der Waals surface area contributed by atoms with Crippen molar-refractivity contribution in [3.05, 3.63) is 86.8 Å². The smallest absolute Gasteiger partial charge is 0.339 e. The first-order chi connectivity index (χ1) is 13.4. The number of rotatable bonds is 4. The summed E-state index contributed by atoms with van der Waals surface area (Å²) in [5.74, 6) is -1.34. The number of para-hydroxylation sites is 1. The number of esters is 1. The molecule has 28 heavy (non-hydrogen) atoms. The minimum atomic E-state index is -0.701. The lowest BCUT2D eigenvalue weighted by Crippen LogP contribution is -2.27. The molecule has 0 bridgehead atoms. The summed E-state index contributed by atoms with van der Waals surface area (Å²) in [6, 6.07) is 14.8. The van der Waals surface area contributed by atoms with E-state index in [1.807, 2.05) is 30.3 Å². The van der Waals surface area contributed by atoms with Gasteiger partial charge in [-0.05, 0) is 37.3 Å². The average molecular weight is 398 g/mol. The van der Waals surface area contributed by atoms with Crippen LogP contribution in [0.4, 0.5) is 5.69 Å². The molecule has 0 aliphatic heterocycles. The Morgan fingerprint density at radius 3 is 2.50 bits per heavy atom. The van der Waals surface area contributed by atoms with Gasteiger partial charge in [0, 0.05) is 17.4 Å². The van der Waals surface area contributed by atoms with Gasteiger partial charge in [0.15, 0.2) is 5.69 Å². The molecule has 0 saturated carbocycles. The van der Waals surface area contributed by atoms with Crippen molar-refractivity contribution >= 4 is 29.2 Å². The number of aromatic nitrogens is 2. The van der Waals surface area contributed by atoms with E-state index in [2.05, 4.69) is 15.2 Å². The highest BCUT2D eigenvalue weighted by atomic mass is 35.5. The number of anilines is 1. The second kappa shape index (κ2) is 8.06. The molecule has 0 unspecified atom stereocenters. The maximum Gasteiger partial charge on any atom is 0.339 e. The molecule has 0 saturated heterocycles. The van der Waals surface area contributed by atoms with E-state index in [0.29, 0.717) is 11.4 Å². The van der Waals surface area contributed by atoms with E-state index in [9.17, 15) is 14.4 Å². The van der Waals surface area contributed by atoms with Gasteiger partial charge in [0.1, 0.15) is 0 Å². The topological polar surface area (TPSA) is 90.3 Å². The van der Waals surface area contributed by atoms with Crippen molar-refractivity contribution in [3.8, 4) is 5.69 Å². The number of benzene rings is 2. The van der Waals surface area contributed by atoms with Gasteiger partial charge >= 0.3 is 5.97 Å². The van der Waals surface area contributed by atoms with E-state index in [0.717, 1.165) is 0 Å². The summed E-state index contributed by atoms with van der Waals surface area (Å²) >= 11 is 5.98. The Morgan fingerprint density at radius 1 is 1.11 bits per heavy atom. The number of hydrogen-bond donors (Lipinski definition) is 1. The molecule has 1 amide bonds. The van der Waals surface area contributed by atoms with Crippen molar-refractivity contribution in [1.82, 2.24) is 9.78 Å². The van der Waals surface area contributed by atoms with Gasteiger partial charge in [-0.3, -0.25) is 9.59 Å². The standard InChI is InChI=1S/C20H16ClN3O4/c1-12-10-17(25)18(23-24(12)14-6-4-3-5-7-14)19(26)22-13-8-9-16(21)15(11-13)20(27)28-2/h3-11H,1-2H3,(H,22,26). The molecule has 0 aliphatic rings. The number of carbonyl (C=O) groups is 2. The molecule has 142 valence electrons. The SMILES string of the molecule is COC(=O)c1cc(NC(=O)c2nn(-c3ccccc3)c(C)cc2=O)ccc1Cl. The van der Waals surface area contributed by atoms with Gasteiger partial charge in [0.2, 0.25) is 5.43 Å². The highest BCUT2D eigenvalue weighted by Gasteiger charge is 2.17. The van der Waals surface area contributed by atoms with Crippen LogP contribution >= 0.6 is 11.6 Å². The van der Waals surface area contributed by atoms with E-state index in [-0.39, 0.29) is 22.0 Å². The molecule has 8 heteroatoms. The van der Waals surface area contributed by atoms with Crippen molar-refractivity contribution < 1.29 is 14.3 Å². The quantitative estimate of drug-likeness (QED) is 0.682. The van der Waals surface area contributed by atoms with Crippen LogP contribution in [-0.4, -0.2) is 28.8 Å². The van der Waals surface area contributed by atoms with Gasteiger partial charge in [-0.15, -0.1) is 0 Å². The van der Waals surface area contributed by atoms with Gasteiger partial charge in [0.05, 0.1) is 23.4 Å². The highest BCUT2D eigenvalue weighted by molar-refractivity contribution is 6.33. The summed E-state index contributed by atoms with van der Waals surface area (Å²) < 4.78 is 6.17. The molecule has 2 aromatic carbocycles. The number of halogens is 1. The molecule has 3 aromatic rings. The lowest BCUT2D eigenvalue weighted by molar-refractivity contribution is 0.0600. The minimum absolute atomic E-state index is 0.0977. The first-order valence-electron chi connectivity index (χ1n) is 8.26. The molecule has 0 radical (unpaired) electrons. The summed E-state index contributed by atoms with van der Waals surface area (Å²) in [4.78, 5) is 36.7. The van der Waals surface area contributed by atoms with Gasteiger partial charge in [0.25, 0.3) is 5.91 Å². The van der Waals surface area contributed by atoms with Gasteiger partial charge in [-0.2, -0.15) is 5.10 Å². The zero-order valence-electron chi connectivity index (χ0n) is 15.1. The second-order valence-electron chi connectivity index (χ2n) is 5.89. The Bertz CT molecular complexity index is 1110. The fourth-order valence-electron chi connectivity index (χ4n) is 2.59. The molecule has 1 aromatic heterocycles. The Hall–Kier alpha value is -3.45. The van der Waals surface area contributed by atoms with Crippen LogP contribution in [0.25, 0.3) is 5.69 Å². The van der Waals surface area contributed by atoms with Crippen LogP contribution in [0.3, 0.4) is 0 Å². The van der Waals surface area contributed by atoms with Gasteiger partial charge < -0.3 is 10.1 Å². The summed E-state index contributed by atoms with van der Waals surface area (Å²) in [7, 11) is 1.23. The average Bonchev–Trinajstić information content (AvgIpc) is 2.69. The van der Waals surface area contributed by atoms with Crippen molar-refractivity contribution in [2.24, 2.45) is 0 Å². The largest absolute Gasteiger partial charge is 0.465 e. The number of nitrogens with zero attached hydrogens (tertiary/aromatic N) is 2. The predicted molar refractivity (Wildman–Crippen MR) is 105 cm³/mol. The summed E-state index contributed by atoms with van der Waals surface area (Å²) in [5, 5.41) is 6.95. The van der Waals surface area contributed by atoms with Crippen molar-refractivity contribution in [2.45, 2.75) is 6.92 Å². The number of carbonyl (C=O) groups excluding carboxylic acids is 2. The van der Waals surface area contributed by atoms with Gasteiger partial charge in [-0.25, -0.2) is 9.48 Å². The number of hydrogen-bond acceptors (Lipinski definition) is 5. The lowest BCUT2D eigenvalue weighted by Gasteiger charge is -2.12. The Balaban J connectivity index is 1.96. The first-order valence-corrected chi connectivity index (χ1v) is 8.64. The van der Waals surface area contributed by atoms with E-state index < -0.39 is 17.3 Å².